The van der Waals surface area contributed by atoms with Crippen molar-refractivity contribution in [1.29, 1.82) is 0 Å². The molecular weight excluding hydrogens is 729 g/mol. The first-order valence-corrected chi connectivity index (χ1v) is 21.9. The smallest absolute Gasteiger partial charge is 0.507 e. The van der Waals surface area contributed by atoms with Crippen molar-refractivity contribution in [2.75, 3.05) is 14.1 Å². The Bertz CT molecular complexity index is 2190. The van der Waals surface area contributed by atoms with Gasteiger partial charge in [0, 0.05) is 17.1 Å². The highest BCUT2D eigenvalue weighted by Gasteiger charge is 2.73. The Hall–Kier alpha value is -5.04. The largest absolute Gasteiger partial charge is 0.508 e. The highest BCUT2D eigenvalue weighted by molar-refractivity contribution is 6.74. The van der Waals surface area contributed by atoms with Gasteiger partial charge in [-0.05, 0) is 72.5 Å². The monoisotopic (exact) mass is 778 g/mol. The Morgan fingerprint density at radius 1 is 0.911 bits per heavy atom. The third-order valence-electron chi connectivity index (χ3n) is 12.2. The van der Waals surface area contributed by atoms with Crippen LogP contribution in [0.1, 0.15) is 83.6 Å². The molecule has 0 aliphatic heterocycles. The summed E-state index contributed by atoms with van der Waals surface area (Å²) in [5.41, 5.74) is 1.29. The molecule has 0 spiro atoms. The number of carbonyl (C=O) groups excluding carboxylic acids is 3. The van der Waals surface area contributed by atoms with Crippen molar-refractivity contribution in [3.63, 3.8) is 0 Å². The van der Waals surface area contributed by atoms with E-state index in [1.807, 2.05) is 131 Å². The average Bonchev–Trinajstić information content (AvgIpc) is 3.57. The molecule has 1 aromatic heterocycles. The molecule has 3 aliphatic rings. The second kappa shape index (κ2) is 14.5. The van der Waals surface area contributed by atoms with Crippen molar-refractivity contribution >= 4 is 31.8 Å². The lowest BCUT2D eigenvalue weighted by molar-refractivity contribution is -0.158. The summed E-state index contributed by atoms with van der Waals surface area (Å²) in [7, 11) is 0.520. The fourth-order valence-electron chi connectivity index (χ4n) is 8.45. The van der Waals surface area contributed by atoms with Crippen LogP contribution in [0.3, 0.4) is 0 Å². The van der Waals surface area contributed by atoms with Crippen LogP contribution in [0.2, 0.25) is 18.1 Å². The first-order chi connectivity index (χ1) is 26.5. The van der Waals surface area contributed by atoms with Crippen molar-refractivity contribution in [2.45, 2.75) is 89.6 Å². The number of ether oxygens (including phenoxy) is 3. The highest BCUT2D eigenvalue weighted by atomic mass is 28.4. The Morgan fingerprint density at radius 2 is 1.54 bits per heavy atom. The van der Waals surface area contributed by atoms with Crippen LogP contribution in [-0.2, 0) is 31.9 Å². The van der Waals surface area contributed by atoms with Gasteiger partial charge in [0.2, 0.25) is 11.6 Å². The minimum absolute atomic E-state index is 0.0207. The van der Waals surface area contributed by atoms with Gasteiger partial charge in [0.25, 0.3) is 5.88 Å². The maximum atomic E-state index is 15.9. The molecule has 3 aliphatic carbocycles. The van der Waals surface area contributed by atoms with Crippen molar-refractivity contribution in [3.8, 4) is 5.88 Å². The van der Waals surface area contributed by atoms with Gasteiger partial charge >= 0.3 is 6.16 Å². The first-order valence-electron chi connectivity index (χ1n) is 19.0. The molecule has 4 aromatic rings. The number of carbonyl (C=O) groups is 3. The number of benzene rings is 3. The van der Waals surface area contributed by atoms with E-state index in [2.05, 4.69) is 5.16 Å². The zero-order chi connectivity index (χ0) is 40.3. The third kappa shape index (κ3) is 6.37. The standard InChI is InChI=1S/C44H50N2O9Si/c1-25-17-16-22-29-26(2)31-32(36(47)30(25)29)39(48)44(55-56(8,9)43(3,4)5)34(37(31)53-42(50)52-24-28-20-14-11-15-21-28)35(46(6)7)38-33(40(44)49)41(45-54-38)51-23-27-18-12-10-13-19-27/h10-22,26,31,34-35,37,47H,23-24H2,1-9H3/t26-,31+,34+,35-,37-,44-/m0/s1. The molecule has 294 valence electrons. The maximum Gasteiger partial charge on any atom is 0.508 e. The van der Waals surface area contributed by atoms with Gasteiger partial charge in [0.05, 0.1) is 12.0 Å². The topological polar surface area (TPSA) is 138 Å². The van der Waals surface area contributed by atoms with Crippen LogP contribution in [0.25, 0.3) is 5.76 Å². The van der Waals surface area contributed by atoms with Crippen LogP contribution in [0.15, 0.2) is 89.0 Å². The number of fused-ring (bicyclic) bond motifs is 4. The minimum atomic E-state index is -3.08. The fourth-order valence-corrected chi connectivity index (χ4v) is 9.88. The summed E-state index contributed by atoms with van der Waals surface area (Å²) in [4.78, 5) is 47.5. The van der Waals surface area contributed by atoms with E-state index in [-0.39, 0.29) is 41.7 Å². The summed E-state index contributed by atoms with van der Waals surface area (Å²) in [5, 5.41) is 16.1. The number of nitrogens with zero attached hydrogens (tertiary/aromatic N) is 2. The predicted molar refractivity (Wildman–Crippen MR) is 212 cm³/mol. The van der Waals surface area contributed by atoms with Gasteiger partial charge < -0.3 is 28.3 Å². The number of ketones is 2. The Kier molecular flexibility index (Phi) is 10.1. The number of aromatic nitrogens is 1. The SMILES string of the molecule is Cc1cccc2c1C(O)=C1C(=O)[C@]3(O[Si](C)(C)C(C)(C)C)C(=O)c4c(OCc5ccccc5)noc4[C@@H](N(C)C)[C@@H]3[C@@H](OC(=O)OCc3ccccc3)[C@@H]1[C@H]2C. The molecule has 0 unspecified atom stereocenters. The summed E-state index contributed by atoms with van der Waals surface area (Å²) < 4.78 is 31.7. The zero-order valence-corrected chi connectivity index (χ0v) is 34.4. The molecule has 11 nitrogen and oxygen atoms in total. The predicted octanol–water partition coefficient (Wildman–Crippen LogP) is 8.75. The maximum absolute atomic E-state index is 15.9. The van der Waals surface area contributed by atoms with Gasteiger partial charge in [0.1, 0.15) is 30.6 Å². The molecule has 56 heavy (non-hydrogen) atoms. The van der Waals surface area contributed by atoms with Gasteiger partial charge in [-0.1, -0.05) is 107 Å². The van der Waals surface area contributed by atoms with Crippen LogP contribution in [0.4, 0.5) is 4.79 Å². The lowest BCUT2D eigenvalue weighted by Crippen LogP contribution is -2.72. The summed E-state index contributed by atoms with van der Waals surface area (Å²) in [6.07, 6.45) is -2.22. The molecule has 1 heterocycles. The molecule has 6 atom stereocenters. The molecule has 0 amide bonds. The minimum Gasteiger partial charge on any atom is -0.507 e. The lowest BCUT2D eigenvalue weighted by atomic mass is 9.53. The molecular formula is C44H50N2O9Si. The second-order valence-corrected chi connectivity index (χ2v) is 21.6. The van der Waals surface area contributed by atoms with E-state index in [4.69, 9.17) is 23.2 Å². The first kappa shape index (κ1) is 39.2. The zero-order valence-electron chi connectivity index (χ0n) is 33.4. The molecule has 1 N–H and O–H groups in total. The van der Waals surface area contributed by atoms with E-state index < -0.39 is 66.6 Å². The summed E-state index contributed by atoms with van der Waals surface area (Å²) in [6.45, 7) is 13.8. The van der Waals surface area contributed by atoms with Crippen LogP contribution in [0.5, 0.6) is 5.88 Å². The van der Waals surface area contributed by atoms with Crippen molar-refractivity contribution in [1.82, 2.24) is 10.1 Å². The van der Waals surface area contributed by atoms with Crippen LogP contribution in [-0.4, -0.2) is 67.0 Å². The Labute approximate surface area is 328 Å². The van der Waals surface area contributed by atoms with E-state index in [1.54, 1.807) is 14.1 Å². The summed E-state index contributed by atoms with van der Waals surface area (Å²) >= 11 is 0. The van der Waals surface area contributed by atoms with Gasteiger partial charge in [0.15, 0.2) is 19.7 Å². The van der Waals surface area contributed by atoms with E-state index in [1.165, 1.54) is 0 Å². The number of hydrogen-bond acceptors (Lipinski definition) is 11. The van der Waals surface area contributed by atoms with Gasteiger partial charge in [-0.15, -0.1) is 0 Å². The van der Waals surface area contributed by atoms with Gasteiger partial charge in [-0.2, -0.15) is 0 Å². The number of hydrogen-bond donors (Lipinski definition) is 1. The number of Topliss-reactive ketones (excluding diaryl/α,β-unsaturated/α-hetero) is 2. The van der Waals surface area contributed by atoms with E-state index >= 15 is 9.59 Å². The Balaban J connectivity index is 1.47. The normalized spacial score (nSPS) is 24.6. The molecule has 7 rings (SSSR count). The summed E-state index contributed by atoms with van der Waals surface area (Å²) in [6, 6.07) is 23.4. The number of aliphatic hydroxyl groups is 1. The quantitative estimate of drug-likeness (QED) is 0.0992. The summed E-state index contributed by atoms with van der Waals surface area (Å²) in [5.74, 6) is -4.09. The number of rotatable bonds is 9. The van der Waals surface area contributed by atoms with Crippen molar-refractivity contribution in [2.24, 2.45) is 11.8 Å². The highest BCUT2D eigenvalue weighted by Crippen LogP contribution is 2.61. The van der Waals surface area contributed by atoms with Gasteiger partial charge in [-0.25, -0.2) is 4.79 Å². The lowest BCUT2D eigenvalue weighted by Gasteiger charge is -2.57. The molecule has 0 radical (unpaired) electrons. The molecule has 0 bridgehead atoms. The molecule has 3 aromatic carbocycles. The third-order valence-corrected chi connectivity index (χ3v) is 16.7. The number of aliphatic hydroxyl groups excluding tert-OH is 1. The Morgan fingerprint density at radius 3 is 2.14 bits per heavy atom. The van der Waals surface area contributed by atoms with E-state index in [0.29, 0.717) is 5.56 Å². The molecule has 0 saturated heterocycles. The van der Waals surface area contributed by atoms with Crippen molar-refractivity contribution in [3.05, 3.63) is 124 Å². The van der Waals surface area contributed by atoms with Crippen LogP contribution in [0, 0.1) is 18.8 Å². The van der Waals surface area contributed by atoms with Crippen LogP contribution >= 0.6 is 0 Å². The van der Waals surface area contributed by atoms with E-state index in [9.17, 15) is 9.90 Å². The fraction of sp³-hybridized carbons (Fsp3) is 0.409. The van der Waals surface area contributed by atoms with E-state index in [0.717, 1.165) is 22.3 Å². The van der Waals surface area contributed by atoms with Crippen LogP contribution < -0.4 is 4.74 Å². The molecule has 12 heteroatoms. The molecule has 1 saturated carbocycles. The second-order valence-electron chi connectivity index (χ2n) is 16.9. The average molecular weight is 779 g/mol. The van der Waals surface area contributed by atoms with Gasteiger partial charge in [-0.3, -0.25) is 14.5 Å². The molecule has 1 fully saturated rings. The number of aryl methyl sites for hydroxylation is 1. The van der Waals surface area contributed by atoms with Crippen molar-refractivity contribution < 1.29 is 42.6 Å².